The van der Waals surface area contributed by atoms with E-state index >= 15 is 0 Å². The number of piperazine rings is 1. The van der Waals surface area contributed by atoms with Gasteiger partial charge in [-0.3, -0.25) is 4.90 Å². The standard InChI is InChI=1S/C16H28N2/c1-12-10-18(8-7-17(12)4)11-13-5-6-14-9-15(13)16(14,2)3/h5,12,14-15H,6-11H2,1-4H3/t12?,14-,15-/m0/s1. The lowest BCUT2D eigenvalue weighted by atomic mass is 9.49. The van der Waals surface area contributed by atoms with Crippen LogP contribution in [0.25, 0.3) is 0 Å². The lowest BCUT2D eigenvalue weighted by Gasteiger charge is -2.57. The Balaban J connectivity index is 1.62. The summed E-state index contributed by atoms with van der Waals surface area (Å²) in [4.78, 5) is 5.15. The van der Waals surface area contributed by atoms with Crippen LogP contribution in [0.3, 0.4) is 0 Å². The van der Waals surface area contributed by atoms with E-state index < -0.39 is 0 Å². The van der Waals surface area contributed by atoms with Crippen molar-refractivity contribution in [2.24, 2.45) is 17.3 Å². The molecule has 2 fully saturated rings. The molecule has 1 saturated heterocycles. The third-order valence-electron chi connectivity index (χ3n) is 6.03. The summed E-state index contributed by atoms with van der Waals surface area (Å²) in [7, 11) is 2.25. The van der Waals surface area contributed by atoms with Gasteiger partial charge >= 0.3 is 0 Å². The van der Waals surface area contributed by atoms with Gasteiger partial charge in [0.25, 0.3) is 0 Å². The third-order valence-corrected chi connectivity index (χ3v) is 6.03. The fourth-order valence-electron chi connectivity index (χ4n) is 4.18. The summed E-state index contributed by atoms with van der Waals surface area (Å²) in [5, 5.41) is 0. The molecular formula is C16H28N2. The molecule has 0 aromatic carbocycles. The molecule has 102 valence electrons. The normalized spacial score (nSPS) is 40.2. The van der Waals surface area contributed by atoms with E-state index in [-0.39, 0.29) is 0 Å². The fourth-order valence-corrected chi connectivity index (χ4v) is 4.18. The first-order chi connectivity index (χ1) is 8.48. The molecule has 2 heteroatoms. The number of hydrogen-bond donors (Lipinski definition) is 0. The van der Waals surface area contributed by atoms with Crippen LogP contribution >= 0.6 is 0 Å². The SMILES string of the molecule is CC1CN(CC2=CC[C@H]3C[C@@H]2C3(C)C)CCN1C. The molecule has 0 aromatic rings. The Morgan fingerprint density at radius 2 is 2.11 bits per heavy atom. The molecule has 1 unspecified atom stereocenters. The molecule has 2 nitrogen and oxygen atoms in total. The highest BCUT2D eigenvalue weighted by atomic mass is 15.3. The second kappa shape index (κ2) is 4.35. The van der Waals surface area contributed by atoms with Crippen LogP contribution in [0.1, 0.15) is 33.6 Å². The molecular weight excluding hydrogens is 220 g/mol. The van der Waals surface area contributed by atoms with Crippen LogP contribution in [0.2, 0.25) is 0 Å². The van der Waals surface area contributed by atoms with E-state index in [0.717, 1.165) is 11.8 Å². The van der Waals surface area contributed by atoms with Crippen LogP contribution in [-0.4, -0.2) is 49.1 Å². The number of likely N-dealkylation sites (N-methyl/N-ethyl adjacent to an activating group) is 1. The van der Waals surface area contributed by atoms with Gasteiger partial charge in [0.15, 0.2) is 0 Å². The molecule has 3 aliphatic carbocycles. The Morgan fingerprint density at radius 3 is 2.72 bits per heavy atom. The highest BCUT2D eigenvalue weighted by Gasteiger charge is 2.51. The summed E-state index contributed by atoms with van der Waals surface area (Å²) >= 11 is 0. The van der Waals surface area contributed by atoms with Crippen LogP contribution in [-0.2, 0) is 0 Å². The maximum Gasteiger partial charge on any atom is 0.0197 e. The van der Waals surface area contributed by atoms with Gasteiger partial charge in [0.05, 0.1) is 0 Å². The number of fused-ring (bicyclic) bond motifs is 1. The summed E-state index contributed by atoms with van der Waals surface area (Å²) in [5.41, 5.74) is 2.33. The zero-order valence-electron chi connectivity index (χ0n) is 12.4. The molecule has 4 aliphatic rings. The van der Waals surface area contributed by atoms with Crippen molar-refractivity contribution in [1.82, 2.24) is 9.80 Å². The zero-order chi connectivity index (χ0) is 12.9. The van der Waals surface area contributed by atoms with E-state index in [1.54, 1.807) is 5.57 Å². The van der Waals surface area contributed by atoms with Gasteiger partial charge < -0.3 is 4.90 Å². The molecule has 1 heterocycles. The number of hydrogen-bond acceptors (Lipinski definition) is 2. The van der Waals surface area contributed by atoms with Gasteiger partial charge in [-0.05, 0) is 44.1 Å². The van der Waals surface area contributed by atoms with Crippen molar-refractivity contribution in [2.45, 2.75) is 39.7 Å². The third kappa shape index (κ3) is 1.94. The Bertz CT molecular complexity index is 358. The highest BCUT2D eigenvalue weighted by Crippen LogP contribution is 2.59. The Labute approximate surface area is 112 Å². The van der Waals surface area contributed by atoms with Gasteiger partial charge in [-0.1, -0.05) is 25.5 Å². The molecule has 0 radical (unpaired) electrons. The van der Waals surface area contributed by atoms with Crippen molar-refractivity contribution >= 4 is 0 Å². The molecule has 0 amide bonds. The van der Waals surface area contributed by atoms with Gasteiger partial charge in [-0.25, -0.2) is 0 Å². The van der Waals surface area contributed by atoms with Crippen molar-refractivity contribution in [3.05, 3.63) is 11.6 Å². The topological polar surface area (TPSA) is 6.48 Å². The van der Waals surface area contributed by atoms with Crippen molar-refractivity contribution in [2.75, 3.05) is 33.2 Å². The molecule has 0 spiro atoms. The van der Waals surface area contributed by atoms with Gasteiger partial charge in [0.1, 0.15) is 0 Å². The second-order valence-corrected chi connectivity index (χ2v) is 7.39. The van der Waals surface area contributed by atoms with Gasteiger partial charge in [0.2, 0.25) is 0 Å². The summed E-state index contributed by atoms with van der Waals surface area (Å²) < 4.78 is 0. The van der Waals surface area contributed by atoms with Gasteiger partial charge in [-0.15, -0.1) is 0 Å². The quantitative estimate of drug-likeness (QED) is 0.693. The average Bonchev–Trinajstić information content (AvgIpc) is 2.34. The Morgan fingerprint density at radius 1 is 1.33 bits per heavy atom. The minimum atomic E-state index is 0.586. The predicted molar refractivity (Wildman–Crippen MR) is 76.6 cm³/mol. The molecule has 4 rings (SSSR count). The van der Waals surface area contributed by atoms with E-state index in [9.17, 15) is 0 Å². The first kappa shape index (κ1) is 12.7. The van der Waals surface area contributed by atoms with Crippen molar-refractivity contribution in [3.63, 3.8) is 0 Å². The number of allylic oxidation sites excluding steroid dienone is 1. The Hall–Kier alpha value is -0.340. The maximum absolute atomic E-state index is 2.67. The molecule has 3 atom stereocenters. The summed E-state index contributed by atoms with van der Waals surface area (Å²) in [6.45, 7) is 12.3. The van der Waals surface area contributed by atoms with Crippen LogP contribution in [0, 0.1) is 17.3 Å². The minimum Gasteiger partial charge on any atom is -0.301 e. The largest absolute Gasteiger partial charge is 0.301 e. The molecule has 1 saturated carbocycles. The van der Waals surface area contributed by atoms with Crippen molar-refractivity contribution in [3.8, 4) is 0 Å². The predicted octanol–water partition coefficient (Wildman–Crippen LogP) is 2.61. The minimum absolute atomic E-state index is 0.586. The lowest BCUT2D eigenvalue weighted by molar-refractivity contribution is -0.0128. The molecule has 1 aliphatic heterocycles. The molecule has 0 aromatic heterocycles. The van der Waals surface area contributed by atoms with E-state index in [2.05, 4.69) is 43.7 Å². The first-order valence-corrected chi connectivity index (χ1v) is 7.60. The smallest absolute Gasteiger partial charge is 0.0197 e. The van der Waals surface area contributed by atoms with Crippen LogP contribution < -0.4 is 0 Å². The average molecular weight is 248 g/mol. The van der Waals surface area contributed by atoms with Crippen LogP contribution in [0.5, 0.6) is 0 Å². The van der Waals surface area contributed by atoms with Gasteiger partial charge in [-0.2, -0.15) is 0 Å². The van der Waals surface area contributed by atoms with Crippen molar-refractivity contribution in [1.29, 1.82) is 0 Å². The Kier molecular flexibility index (Phi) is 3.06. The van der Waals surface area contributed by atoms with E-state index in [0.29, 0.717) is 11.5 Å². The second-order valence-electron chi connectivity index (χ2n) is 7.39. The lowest BCUT2D eigenvalue weighted by Crippen LogP contribution is -2.53. The van der Waals surface area contributed by atoms with Gasteiger partial charge in [0, 0.05) is 32.2 Å². The number of rotatable bonds is 2. The molecule has 0 N–H and O–H groups in total. The fraction of sp³-hybridized carbons (Fsp3) is 0.875. The van der Waals surface area contributed by atoms with E-state index in [1.165, 1.54) is 39.0 Å². The number of nitrogens with zero attached hydrogens (tertiary/aromatic N) is 2. The first-order valence-electron chi connectivity index (χ1n) is 7.60. The molecule has 18 heavy (non-hydrogen) atoms. The van der Waals surface area contributed by atoms with E-state index in [1.807, 2.05) is 0 Å². The maximum atomic E-state index is 2.67. The molecule has 2 bridgehead atoms. The summed E-state index contributed by atoms with van der Waals surface area (Å²) in [6, 6.07) is 0.713. The monoisotopic (exact) mass is 248 g/mol. The van der Waals surface area contributed by atoms with Crippen LogP contribution in [0.4, 0.5) is 0 Å². The summed E-state index contributed by atoms with van der Waals surface area (Å²) in [5.74, 6) is 1.85. The highest BCUT2D eigenvalue weighted by molar-refractivity contribution is 5.24. The zero-order valence-corrected chi connectivity index (χ0v) is 12.4. The van der Waals surface area contributed by atoms with Crippen molar-refractivity contribution < 1.29 is 0 Å². The van der Waals surface area contributed by atoms with Crippen LogP contribution in [0.15, 0.2) is 11.6 Å². The van der Waals surface area contributed by atoms with E-state index in [4.69, 9.17) is 0 Å². The summed E-state index contributed by atoms with van der Waals surface area (Å²) in [6.07, 6.45) is 5.36.